The minimum atomic E-state index is 0. The summed E-state index contributed by atoms with van der Waals surface area (Å²) in [6.07, 6.45) is 2.12. The zero-order valence-electron chi connectivity index (χ0n) is 13.3. The van der Waals surface area contributed by atoms with Crippen LogP contribution in [-0.4, -0.2) is 38.8 Å². The van der Waals surface area contributed by atoms with Gasteiger partial charge in [-0.2, -0.15) is 0 Å². The highest BCUT2D eigenvalue weighted by molar-refractivity contribution is 14.0. The average molecular weight is 405 g/mol. The van der Waals surface area contributed by atoms with Crippen molar-refractivity contribution in [2.75, 3.05) is 26.8 Å². The molecule has 120 valence electrons. The third kappa shape index (κ3) is 9.68. The van der Waals surface area contributed by atoms with Gasteiger partial charge < -0.3 is 15.4 Å². The zero-order valence-corrected chi connectivity index (χ0v) is 15.6. The summed E-state index contributed by atoms with van der Waals surface area (Å²) in [7, 11) is 1.71. The molecular weight excluding hydrogens is 377 g/mol. The van der Waals surface area contributed by atoms with Crippen LogP contribution < -0.4 is 10.6 Å². The van der Waals surface area contributed by atoms with Gasteiger partial charge in [0.15, 0.2) is 5.96 Å². The van der Waals surface area contributed by atoms with Gasteiger partial charge in [-0.1, -0.05) is 30.3 Å². The molecule has 1 rings (SSSR count). The van der Waals surface area contributed by atoms with Crippen molar-refractivity contribution in [1.29, 1.82) is 0 Å². The topological polar surface area (TPSA) is 45.7 Å². The summed E-state index contributed by atoms with van der Waals surface area (Å²) in [5.41, 5.74) is 1.37. The van der Waals surface area contributed by atoms with Crippen LogP contribution in [0.4, 0.5) is 0 Å². The summed E-state index contributed by atoms with van der Waals surface area (Å²) < 4.78 is 5.12. The molecule has 0 aliphatic rings. The maximum atomic E-state index is 5.12. The van der Waals surface area contributed by atoms with Crippen molar-refractivity contribution in [2.45, 2.75) is 32.7 Å². The molecule has 0 saturated heterocycles. The fraction of sp³-hybridized carbons (Fsp3) is 0.562. The van der Waals surface area contributed by atoms with Gasteiger partial charge >= 0.3 is 0 Å². The molecule has 4 nitrogen and oxygen atoms in total. The third-order valence-electron chi connectivity index (χ3n) is 2.88. The maximum absolute atomic E-state index is 5.12. The number of ether oxygens (including phenoxy) is 1. The highest BCUT2D eigenvalue weighted by atomic mass is 127. The van der Waals surface area contributed by atoms with Gasteiger partial charge in [-0.3, -0.25) is 4.99 Å². The second-order valence-electron chi connectivity index (χ2n) is 4.85. The molecule has 1 unspecified atom stereocenters. The molecule has 0 saturated carbocycles. The van der Waals surface area contributed by atoms with Crippen LogP contribution in [0.25, 0.3) is 0 Å². The van der Waals surface area contributed by atoms with Crippen molar-refractivity contribution in [3.63, 3.8) is 0 Å². The highest BCUT2D eigenvalue weighted by Gasteiger charge is 2.03. The Morgan fingerprint density at radius 2 is 2.00 bits per heavy atom. The van der Waals surface area contributed by atoms with Gasteiger partial charge in [0, 0.05) is 26.2 Å². The summed E-state index contributed by atoms with van der Waals surface area (Å²) in [5, 5.41) is 6.59. The second-order valence-corrected chi connectivity index (χ2v) is 4.85. The number of nitrogens with zero attached hydrogens (tertiary/aromatic N) is 1. The molecule has 0 aromatic heterocycles. The fourth-order valence-corrected chi connectivity index (χ4v) is 1.96. The van der Waals surface area contributed by atoms with Crippen LogP contribution in [0, 0.1) is 0 Å². The molecule has 0 aliphatic carbocycles. The van der Waals surface area contributed by atoms with Gasteiger partial charge in [-0.25, -0.2) is 0 Å². The van der Waals surface area contributed by atoms with Crippen LogP contribution >= 0.6 is 24.0 Å². The second kappa shape index (κ2) is 12.9. The van der Waals surface area contributed by atoms with E-state index >= 15 is 0 Å². The molecular formula is C16H28IN3O. The Labute approximate surface area is 145 Å². The lowest BCUT2D eigenvalue weighted by Gasteiger charge is -2.16. The van der Waals surface area contributed by atoms with Crippen molar-refractivity contribution < 1.29 is 4.74 Å². The summed E-state index contributed by atoms with van der Waals surface area (Å²) in [5.74, 6) is 0.866. The van der Waals surface area contributed by atoms with Crippen molar-refractivity contribution in [1.82, 2.24) is 10.6 Å². The number of halogens is 1. The Morgan fingerprint density at radius 3 is 2.62 bits per heavy atom. The summed E-state index contributed by atoms with van der Waals surface area (Å²) in [6, 6.07) is 10.8. The first kappa shape index (κ1) is 20.2. The van der Waals surface area contributed by atoms with Crippen molar-refractivity contribution in [3.8, 4) is 0 Å². The van der Waals surface area contributed by atoms with E-state index in [0.29, 0.717) is 6.61 Å². The quantitative estimate of drug-likeness (QED) is 0.303. The minimum absolute atomic E-state index is 0. The van der Waals surface area contributed by atoms with E-state index in [0.717, 1.165) is 31.9 Å². The SMILES string of the molecule is CCNC(=NCCCc1ccccc1)NC(C)COC.I. The lowest BCUT2D eigenvalue weighted by atomic mass is 10.1. The predicted octanol–water partition coefficient (Wildman–Crippen LogP) is 2.83. The minimum Gasteiger partial charge on any atom is -0.383 e. The Bertz CT molecular complexity index is 384. The van der Waals surface area contributed by atoms with Gasteiger partial charge in [0.25, 0.3) is 0 Å². The lowest BCUT2D eigenvalue weighted by Crippen LogP contribution is -2.44. The number of hydrogen-bond acceptors (Lipinski definition) is 2. The Morgan fingerprint density at radius 1 is 1.29 bits per heavy atom. The smallest absolute Gasteiger partial charge is 0.191 e. The van der Waals surface area contributed by atoms with E-state index in [1.165, 1.54) is 5.56 Å². The Kier molecular flexibility index (Phi) is 12.4. The molecule has 2 N–H and O–H groups in total. The lowest BCUT2D eigenvalue weighted by molar-refractivity contribution is 0.179. The molecule has 0 amide bonds. The number of aliphatic imine (C=N–C) groups is 1. The first-order valence-electron chi connectivity index (χ1n) is 7.34. The molecule has 0 heterocycles. The van der Waals surface area contributed by atoms with E-state index in [-0.39, 0.29) is 30.0 Å². The number of methoxy groups -OCH3 is 1. The molecule has 1 atom stereocenters. The van der Waals surface area contributed by atoms with Crippen LogP contribution in [0.3, 0.4) is 0 Å². The van der Waals surface area contributed by atoms with Gasteiger partial charge in [-0.15, -0.1) is 24.0 Å². The van der Waals surface area contributed by atoms with Crippen LogP contribution in [0.2, 0.25) is 0 Å². The Hall–Kier alpha value is -0.820. The van der Waals surface area contributed by atoms with Crippen LogP contribution in [0.15, 0.2) is 35.3 Å². The number of benzene rings is 1. The molecule has 1 aromatic rings. The zero-order chi connectivity index (χ0) is 14.6. The molecule has 5 heteroatoms. The van der Waals surface area contributed by atoms with E-state index in [2.05, 4.69) is 53.7 Å². The third-order valence-corrected chi connectivity index (χ3v) is 2.88. The van der Waals surface area contributed by atoms with E-state index in [9.17, 15) is 0 Å². The van der Waals surface area contributed by atoms with Crippen LogP contribution in [0.5, 0.6) is 0 Å². The van der Waals surface area contributed by atoms with Crippen molar-refractivity contribution in [3.05, 3.63) is 35.9 Å². The molecule has 0 aliphatic heterocycles. The number of nitrogens with one attached hydrogen (secondary N) is 2. The molecule has 0 spiro atoms. The standard InChI is InChI=1S/C16H27N3O.HI/c1-4-17-16(19-14(2)13-20-3)18-12-8-11-15-9-6-5-7-10-15;/h5-7,9-10,14H,4,8,11-13H2,1-3H3,(H2,17,18,19);1H. The van der Waals surface area contributed by atoms with Crippen LogP contribution in [0.1, 0.15) is 25.8 Å². The Balaban J connectivity index is 0.00000400. The number of aryl methyl sites for hydroxylation is 1. The van der Waals surface area contributed by atoms with Gasteiger partial charge in [-0.05, 0) is 32.3 Å². The normalized spacial score (nSPS) is 12.4. The van der Waals surface area contributed by atoms with Crippen molar-refractivity contribution in [2.24, 2.45) is 4.99 Å². The largest absolute Gasteiger partial charge is 0.383 e. The van der Waals surface area contributed by atoms with E-state index in [1.807, 2.05) is 6.07 Å². The number of hydrogen-bond donors (Lipinski definition) is 2. The summed E-state index contributed by atoms with van der Waals surface area (Å²) >= 11 is 0. The molecule has 0 fully saturated rings. The van der Waals surface area contributed by atoms with Gasteiger partial charge in [0.05, 0.1) is 6.61 Å². The average Bonchev–Trinajstić information content (AvgIpc) is 2.45. The first-order valence-corrected chi connectivity index (χ1v) is 7.34. The van der Waals surface area contributed by atoms with Gasteiger partial charge in [0.2, 0.25) is 0 Å². The number of guanidine groups is 1. The summed E-state index contributed by atoms with van der Waals surface area (Å²) in [4.78, 5) is 4.59. The fourth-order valence-electron chi connectivity index (χ4n) is 1.96. The van der Waals surface area contributed by atoms with E-state index in [1.54, 1.807) is 7.11 Å². The monoisotopic (exact) mass is 405 g/mol. The molecule has 0 radical (unpaired) electrons. The molecule has 1 aromatic carbocycles. The first-order chi connectivity index (χ1) is 9.76. The maximum Gasteiger partial charge on any atom is 0.191 e. The number of rotatable bonds is 8. The predicted molar refractivity (Wildman–Crippen MR) is 101 cm³/mol. The van der Waals surface area contributed by atoms with Crippen LogP contribution in [-0.2, 0) is 11.2 Å². The van der Waals surface area contributed by atoms with Crippen molar-refractivity contribution >= 4 is 29.9 Å². The van der Waals surface area contributed by atoms with Gasteiger partial charge in [0.1, 0.15) is 0 Å². The summed E-state index contributed by atoms with van der Waals surface area (Å²) in [6.45, 7) is 6.52. The molecule has 21 heavy (non-hydrogen) atoms. The van der Waals surface area contributed by atoms with E-state index in [4.69, 9.17) is 4.74 Å². The molecule has 0 bridgehead atoms. The highest BCUT2D eigenvalue weighted by Crippen LogP contribution is 2.02. The van der Waals surface area contributed by atoms with E-state index < -0.39 is 0 Å².